The van der Waals surface area contributed by atoms with Crippen LogP contribution in [-0.4, -0.2) is 30.2 Å². The summed E-state index contributed by atoms with van der Waals surface area (Å²) in [5.41, 5.74) is 1.43. The average Bonchev–Trinajstić information content (AvgIpc) is 2.94. The van der Waals surface area contributed by atoms with Gasteiger partial charge in [0.05, 0.1) is 16.9 Å². The number of alkyl halides is 3. The first-order chi connectivity index (χ1) is 19.9. The lowest BCUT2D eigenvalue weighted by molar-refractivity contribution is -0.140. The average molecular weight is 600 g/mol. The number of carbonyl (C=O) groups is 1. The van der Waals surface area contributed by atoms with Crippen LogP contribution in [0.25, 0.3) is 0 Å². The number of aryl methyl sites for hydroxylation is 1. The minimum atomic E-state index is -4.83. The van der Waals surface area contributed by atoms with E-state index in [1.165, 1.54) is 16.4 Å². The Labute approximate surface area is 239 Å². The largest absolute Gasteiger partial charge is 0.439 e. The number of pyridine rings is 1. The minimum absolute atomic E-state index is 0.0805. The van der Waals surface area contributed by atoms with Crippen molar-refractivity contribution in [1.82, 2.24) is 9.29 Å². The molecule has 42 heavy (non-hydrogen) atoms. The van der Waals surface area contributed by atoms with Gasteiger partial charge in [-0.25, -0.2) is 17.8 Å². The molecule has 1 aromatic heterocycles. The summed E-state index contributed by atoms with van der Waals surface area (Å²) in [6.45, 7) is 2.03. The lowest BCUT2D eigenvalue weighted by atomic mass is 9.95. The maximum absolute atomic E-state index is 14.0. The van der Waals surface area contributed by atoms with E-state index in [4.69, 9.17) is 4.74 Å². The van der Waals surface area contributed by atoms with Gasteiger partial charge in [-0.15, -0.1) is 0 Å². The second kappa shape index (κ2) is 11.5. The molecule has 3 aromatic carbocycles. The van der Waals surface area contributed by atoms with Crippen LogP contribution in [0.1, 0.15) is 27.8 Å². The Morgan fingerprint density at radius 3 is 2.48 bits per heavy atom. The molecular formula is C30H25F4N3O4S. The Kier molecular flexibility index (Phi) is 8.02. The molecule has 2 heterocycles. The summed E-state index contributed by atoms with van der Waals surface area (Å²) < 4.78 is 86.4. The number of halogens is 4. The van der Waals surface area contributed by atoms with Gasteiger partial charge in [-0.1, -0.05) is 24.3 Å². The van der Waals surface area contributed by atoms with Crippen molar-refractivity contribution in [2.75, 3.05) is 11.9 Å². The molecular weight excluding hydrogens is 574 g/mol. The predicted octanol–water partition coefficient (Wildman–Crippen LogP) is 6.27. The van der Waals surface area contributed by atoms with Gasteiger partial charge in [0.2, 0.25) is 21.8 Å². The molecule has 0 radical (unpaired) electrons. The van der Waals surface area contributed by atoms with Crippen molar-refractivity contribution < 1.29 is 35.5 Å². The number of benzene rings is 3. The number of nitrogens with one attached hydrogen (secondary N) is 1. The smallest absolute Gasteiger partial charge is 0.419 e. The van der Waals surface area contributed by atoms with Crippen molar-refractivity contribution in [3.05, 3.63) is 113 Å². The summed E-state index contributed by atoms with van der Waals surface area (Å²) in [5.74, 6) is -1.16. The summed E-state index contributed by atoms with van der Waals surface area (Å²) in [4.78, 5) is 17.0. The van der Waals surface area contributed by atoms with Crippen molar-refractivity contribution in [3.8, 4) is 11.6 Å². The fourth-order valence-electron chi connectivity index (χ4n) is 4.75. The number of amides is 1. The first-order valence-corrected chi connectivity index (χ1v) is 14.3. The molecule has 1 amide bonds. The second-order valence-corrected chi connectivity index (χ2v) is 11.7. The first-order valence-electron chi connectivity index (χ1n) is 12.9. The highest BCUT2D eigenvalue weighted by atomic mass is 32.2. The predicted molar refractivity (Wildman–Crippen MR) is 147 cm³/mol. The van der Waals surface area contributed by atoms with Gasteiger partial charge in [-0.05, 0) is 78.1 Å². The van der Waals surface area contributed by atoms with Crippen molar-refractivity contribution in [2.24, 2.45) is 0 Å². The SMILES string of the molecule is Cc1ccc2c(c1NC(=O)Cc1ccc(C(F)(F)F)c(F)c1)CCN(S(=O)(=O)c1ccc(Oc3ccccn3)cc1)C2. The highest BCUT2D eigenvalue weighted by molar-refractivity contribution is 7.89. The van der Waals surface area contributed by atoms with E-state index in [2.05, 4.69) is 10.3 Å². The molecule has 1 aliphatic rings. The van der Waals surface area contributed by atoms with E-state index in [0.717, 1.165) is 17.2 Å². The molecule has 4 aromatic rings. The monoisotopic (exact) mass is 599 g/mol. The third kappa shape index (κ3) is 6.29. The topological polar surface area (TPSA) is 88.6 Å². The lowest BCUT2D eigenvalue weighted by Crippen LogP contribution is -2.36. The van der Waals surface area contributed by atoms with Gasteiger partial charge >= 0.3 is 6.18 Å². The number of carbonyl (C=O) groups excluding carboxylic acids is 1. The lowest BCUT2D eigenvalue weighted by Gasteiger charge is -2.30. The van der Waals surface area contributed by atoms with E-state index in [9.17, 15) is 30.8 Å². The summed E-state index contributed by atoms with van der Waals surface area (Å²) >= 11 is 0. The maximum Gasteiger partial charge on any atom is 0.419 e. The molecule has 0 unspecified atom stereocenters. The molecule has 1 N–H and O–H groups in total. The molecule has 0 spiro atoms. The molecule has 218 valence electrons. The number of anilines is 1. The number of sulfonamides is 1. The van der Waals surface area contributed by atoms with Crippen LogP contribution in [0.4, 0.5) is 23.2 Å². The van der Waals surface area contributed by atoms with Crippen LogP contribution >= 0.6 is 0 Å². The number of nitrogens with zero attached hydrogens (tertiary/aromatic N) is 2. The maximum atomic E-state index is 14.0. The minimum Gasteiger partial charge on any atom is -0.439 e. The molecule has 5 rings (SSSR count). The Balaban J connectivity index is 1.29. The van der Waals surface area contributed by atoms with Gasteiger partial charge in [0, 0.05) is 31.0 Å². The van der Waals surface area contributed by atoms with Crippen LogP contribution in [0.2, 0.25) is 0 Å². The Hall–Kier alpha value is -4.29. The van der Waals surface area contributed by atoms with E-state index in [1.54, 1.807) is 55.6 Å². The van der Waals surface area contributed by atoms with Gasteiger partial charge < -0.3 is 10.1 Å². The summed E-state index contributed by atoms with van der Waals surface area (Å²) in [6.07, 6.45) is -3.26. The van der Waals surface area contributed by atoms with Crippen molar-refractivity contribution >= 4 is 21.6 Å². The van der Waals surface area contributed by atoms with E-state index < -0.39 is 33.5 Å². The van der Waals surface area contributed by atoms with Crippen LogP contribution in [0.5, 0.6) is 11.6 Å². The molecule has 7 nitrogen and oxygen atoms in total. The van der Waals surface area contributed by atoms with Crippen LogP contribution in [-0.2, 0) is 40.4 Å². The van der Waals surface area contributed by atoms with Gasteiger partial charge in [0.1, 0.15) is 11.6 Å². The molecule has 0 atom stereocenters. The molecule has 0 saturated carbocycles. The Morgan fingerprint density at radius 1 is 1.05 bits per heavy atom. The molecule has 0 aliphatic carbocycles. The van der Waals surface area contributed by atoms with Crippen molar-refractivity contribution in [2.45, 2.75) is 37.4 Å². The number of aromatic nitrogens is 1. The second-order valence-electron chi connectivity index (χ2n) is 9.76. The van der Waals surface area contributed by atoms with Crippen LogP contribution in [0.15, 0.2) is 83.9 Å². The zero-order valence-corrected chi connectivity index (χ0v) is 23.1. The molecule has 12 heteroatoms. The standard InChI is InChI=1S/C30H25F4N3O4S/c1-19-5-7-21-18-37(42(39,40)23-10-8-22(9-11-23)41-28-4-2-3-14-35-28)15-13-24(21)29(19)36-27(38)17-20-6-12-25(26(31)16-20)30(32,33)34/h2-12,14,16H,13,15,17-18H2,1H3,(H,36,38). The number of rotatable bonds is 7. The summed E-state index contributed by atoms with van der Waals surface area (Å²) in [7, 11) is -3.84. The third-order valence-corrected chi connectivity index (χ3v) is 8.73. The summed E-state index contributed by atoms with van der Waals surface area (Å²) in [5, 5.41) is 2.79. The highest BCUT2D eigenvalue weighted by Crippen LogP contribution is 2.34. The first kappa shape index (κ1) is 29.2. The number of hydrogen-bond donors (Lipinski definition) is 1. The van der Waals surface area contributed by atoms with Crippen LogP contribution < -0.4 is 10.1 Å². The Bertz CT molecular complexity index is 1730. The normalized spacial score (nSPS) is 13.8. The highest BCUT2D eigenvalue weighted by Gasteiger charge is 2.34. The van der Waals surface area contributed by atoms with Gasteiger partial charge in [-0.3, -0.25) is 4.79 Å². The van der Waals surface area contributed by atoms with Crippen LogP contribution in [0, 0.1) is 12.7 Å². The third-order valence-electron chi connectivity index (χ3n) is 6.87. The van der Waals surface area contributed by atoms with Crippen molar-refractivity contribution in [1.29, 1.82) is 0 Å². The van der Waals surface area contributed by atoms with Crippen molar-refractivity contribution in [3.63, 3.8) is 0 Å². The van der Waals surface area contributed by atoms with Gasteiger partial charge in [0.15, 0.2) is 0 Å². The molecule has 0 saturated heterocycles. The van der Waals surface area contributed by atoms with Gasteiger partial charge in [0.25, 0.3) is 0 Å². The van der Waals surface area contributed by atoms with Crippen LogP contribution in [0.3, 0.4) is 0 Å². The Morgan fingerprint density at radius 2 is 1.81 bits per heavy atom. The zero-order chi connectivity index (χ0) is 30.1. The quantitative estimate of drug-likeness (QED) is 0.253. The fraction of sp³-hybridized carbons (Fsp3) is 0.200. The van der Waals surface area contributed by atoms with E-state index >= 15 is 0 Å². The van der Waals surface area contributed by atoms with E-state index in [-0.39, 0.29) is 30.0 Å². The van der Waals surface area contributed by atoms with E-state index in [1.807, 2.05) is 0 Å². The summed E-state index contributed by atoms with van der Waals surface area (Å²) in [6, 6.07) is 17.2. The zero-order valence-electron chi connectivity index (χ0n) is 22.3. The molecule has 0 fully saturated rings. The van der Waals surface area contributed by atoms with Gasteiger partial charge in [-0.2, -0.15) is 17.5 Å². The number of fused-ring (bicyclic) bond motifs is 1. The fourth-order valence-corrected chi connectivity index (χ4v) is 6.17. The molecule has 1 aliphatic heterocycles. The number of ether oxygens (including phenoxy) is 1. The molecule has 0 bridgehead atoms. The van der Waals surface area contributed by atoms with E-state index in [0.29, 0.717) is 41.4 Å². The number of hydrogen-bond acceptors (Lipinski definition) is 5.